The minimum absolute atomic E-state index is 0.850. The van der Waals surface area contributed by atoms with E-state index >= 15 is 0 Å². The van der Waals surface area contributed by atoms with Crippen molar-refractivity contribution in [1.29, 1.82) is 0 Å². The van der Waals surface area contributed by atoms with Gasteiger partial charge < -0.3 is 9.64 Å². The zero-order valence-electron chi connectivity index (χ0n) is 13.3. The highest BCUT2D eigenvalue weighted by atomic mass is 16.5. The number of para-hydroxylation sites is 1. The van der Waals surface area contributed by atoms with E-state index < -0.39 is 0 Å². The highest BCUT2D eigenvalue weighted by Gasteiger charge is 2.24. The van der Waals surface area contributed by atoms with Gasteiger partial charge in [0.2, 0.25) is 0 Å². The van der Waals surface area contributed by atoms with Crippen molar-refractivity contribution in [3.63, 3.8) is 0 Å². The summed E-state index contributed by atoms with van der Waals surface area (Å²) in [7, 11) is 0. The molecule has 1 aromatic rings. The van der Waals surface area contributed by atoms with Crippen LogP contribution in [0.2, 0.25) is 0 Å². The number of piperidine rings is 1. The fraction of sp³-hybridized carbons (Fsp3) is 0.667. The molecule has 1 aromatic carbocycles. The second-order valence-corrected chi connectivity index (χ2v) is 6.52. The van der Waals surface area contributed by atoms with Crippen molar-refractivity contribution in [2.24, 2.45) is 11.8 Å². The predicted octanol–water partition coefficient (Wildman–Crippen LogP) is 2.58. The molecule has 0 saturated carbocycles. The van der Waals surface area contributed by atoms with Crippen molar-refractivity contribution < 1.29 is 9.64 Å². The highest BCUT2D eigenvalue weighted by Crippen LogP contribution is 2.18. The number of benzene rings is 1. The molecule has 2 nitrogen and oxygen atoms in total. The fourth-order valence-electron chi connectivity index (χ4n) is 3.57. The van der Waals surface area contributed by atoms with Crippen molar-refractivity contribution in [1.82, 2.24) is 0 Å². The normalized spacial score (nSPS) is 26.4. The summed E-state index contributed by atoms with van der Waals surface area (Å²) in [4.78, 5) is 1.77. The largest absolute Gasteiger partial charge is 0.493 e. The molecular formula is C18H30NO+. The van der Waals surface area contributed by atoms with Crippen LogP contribution < -0.4 is 9.64 Å². The molecule has 1 fully saturated rings. The summed E-state index contributed by atoms with van der Waals surface area (Å²) in [5.41, 5.74) is 1.32. The van der Waals surface area contributed by atoms with Gasteiger partial charge in [0.15, 0.2) is 0 Å². The van der Waals surface area contributed by atoms with Crippen molar-refractivity contribution in [3.05, 3.63) is 29.8 Å². The molecule has 0 aliphatic carbocycles. The molecule has 1 aliphatic heterocycles. The van der Waals surface area contributed by atoms with Gasteiger partial charge in [0.25, 0.3) is 0 Å². The van der Waals surface area contributed by atoms with Crippen molar-refractivity contribution in [2.45, 2.75) is 40.0 Å². The van der Waals surface area contributed by atoms with E-state index in [0.29, 0.717) is 0 Å². The van der Waals surface area contributed by atoms with E-state index in [0.717, 1.165) is 37.0 Å². The Kier molecular flexibility index (Phi) is 5.90. The molecule has 1 aliphatic rings. The number of hydrogen-bond acceptors (Lipinski definition) is 1. The van der Waals surface area contributed by atoms with E-state index in [1.165, 1.54) is 31.6 Å². The SMILES string of the molecule is CCc1ccccc1OCCC[NH+]1C[C@@H](C)C[C@H](C)C1. The first-order chi connectivity index (χ1) is 9.69. The molecule has 112 valence electrons. The summed E-state index contributed by atoms with van der Waals surface area (Å²) in [5.74, 6) is 2.84. The third kappa shape index (κ3) is 4.52. The number of likely N-dealkylation sites (tertiary alicyclic amines) is 1. The zero-order chi connectivity index (χ0) is 14.4. The molecule has 0 bridgehead atoms. The fourth-order valence-corrected chi connectivity index (χ4v) is 3.57. The summed E-state index contributed by atoms with van der Waals surface area (Å²) in [5, 5.41) is 0. The van der Waals surface area contributed by atoms with Crippen LogP contribution in [0.4, 0.5) is 0 Å². The van der Waals surface area contributed by atoms with Gasteiger partial charge in [0.05, 0.1) is 26.2 Å². The zero-order valence-corrected chi connectivity index (χ0v) is 13.3. The van der Waals surface area contributed by atoms with Crippen LogP contribution in [0, 0.1) is 11.8 Å². The van der Waals surface area contributed by atoms with Gasteiger partial charge in [-0.15, -0.1) is 0 Å². The van der Waals surface area contributed by atoms with Crippen LogP contribution in [0.15, 0.2) is 24.3 Å². The third-order valence-electron chi connectivity index (χ3n) is 4.36. The highest BCUT2D eigenvalue weighted by molar-refractivity contribution is 5.33. The number of hydrogen-bond donors (Lipinski definition) is 1. The van der Waals surface area contributed by atoms with E-state index in [1.54, 1.807) is 4.90 Å². The molecular weight excluding hydrogens is 246 g/mol. The quantitative estimate of drug-likeness (QED) is 0.789. The van der Waals surface area contributed by atoms with Crippen LogP contribution in [-0.2, 0) is 6.42 Å². The van der Waals surface area contributed by atoms with Crippen LogP contribution >= 0.6 is 0 Å². The lowest BCUT2D eigenvalue weighted by Crippen LogP contribution is -3.14. The molecule has 1 saturated heterocycles. The number of nitrogens with one attached hydrogen (secondary N) is 1. The molecule has 0 aromatic heterocycles. The number of quaternary nitrogens is 1. The molecule has 1 N–H and O–H groups in total. The number of rotatable bonds is 6. The first-order valence-electron chi connectivity index (χ1n) is 8.23. The summed E-state index contributed by atoms with van der Waals surface area (Å²) in [6.07, 6.45) is 3.61. The molecule has 20 heavy (non-hydrogen) atoms. The van der Waals surface area contributed by atoms with Crippen LogP contribution in [0.5, 0.6) is 5.75 Å². The molecule has 0 radical (unpaired) electrons. The Hall–Kier alpha value is -1.02. The van der Waals surface area contributed by atoms with Crippen molar-refractivity contribution in [3.8, 4) is 5.75 Å². The standard InChI is InChI=1S/C18H29NO/c1-4-17-8-5-6-9-18(17)20-11-7-10-19-13-15(2)12-16(3)14-19/h5-6,8-9,15-16H,4,7,10-14H2,1-3H3/p+1/t15-,16-/m0/s1. The molecule has 2 atom stereocenters. The van der Waals surface area contributed by atoms with E-state index in [2.05, 4.69) is 45.0 Å². The van der Waals surface area contributed by atoms with E-state index in [9.17, 15) is 0 Å². The molecule has 0 amide bonds. The van der Waals surface area contributed by atoms with Crippen LogP contribution in [0.25, 0.3) is 0 Å². The lowest BCUT2D eigenvalue weighted by atomic mass is 9.92. The van der Waals surface area contributed by atoms with Gasteiger partial charge in [-0.05, 0) is 24.5 Å². The molecule has 2 heteroatoms. The maximum atomic E-state index is 5.96. The number of ether oxygens (including phenoxy) is 1. The van der Waals surface area contributed by atoms with E-state index in [1.807, 2.05) is 0 Å². The van der Waals surface area contributed by atoms with Gasteiger partial charge in [-0.3, -0.25) is 0 Å². The predicted molar refractivity (Wildman–Crippen MR) is 84.4 cm³/mol. The van der Waals surface area contributed by atoms with E-state index in [-0.39, 0.29) is 0 Å². The lowest BCUT2D eigenvalue weighted by molar-refractivity contribution is -0.912. The maximum absolute atomic E-state index is 5.96. The van der Waals surface area contributed by atoms with Crippen LogP contribution in [0.1, 0.15) is 39.2 Å². The Morgan fingerprint density at radius 2 is 1.85 bits per heavy atom. The van der Waals surface area contributed by atoms with Gasteiger partial charge in [0, 0.05) is 18.3 Å². The topological polar surface area (TPSA) is 13.7 Å². The first-order valence-corrected chi connectivity index (χ1v) is 8.23. The molecule has 1 heterocycles. The van der Waals surface area contributed by atoms with Crippen molar-refractivity contribution in [2.75, 3.05) is 26.2 Å². The van der Waals surface area contributed by atoms with Crippen LogP contribution in [-0.4, -0.2) is 26.2 Å². The second-order valence-electron chi connectivity index (χ2n) is 6.52. The van der Waals surface area contributed by atoms with Crippen LogP contribution in [0.3, 0.4) is 0 Å². The molecule has 0 spiro atoms. The average Bonchev–Trinajstić information content (AvgIpc) is 2.43. The molecule has 0 unspecified atom stereocenters. The van der Waals surface area contributed by atoms with Gasteiger partial charge >= 0.3 is 0 Å². The Morgan fingerprint density at radius 3 is 2.55 bits per heavy atom. The summed E-state index contributed by atoms with van der Waals surface area (Å²) >= 11 is 0. The minimum Gasteiger partial charge on any atom is -0.493 e. The minimum atomic E-state index is 0.850. The Labute approximate surface area is 124 Å². The monoisotopic (exact) mass is 276 g/mol. The Balaban J connectivity index is 1.71. The maximum Gasteiger partial charge on any atom is 0.122 e. The Morgan fingerprint density at radius 1 is 1.15 bits per heavy atom. The lowest BCUT2D eigenvalue weighted by Gasteiger charge is -2.32. The number of aryl methyl sites for hydroxylation is 1. The summed E-state index contributed by atoms with van der Waals surface area (Å²) in [6, 6.07) is 8.41. The Bertz CT molecular complexity index is 394. The first kappa shape index (κ1) is 15.4. The second kappa shape index (κ2) is 7.68. The van der Waals surface area contributed by atoms with Gasteiger partial charge in [-0.25, -0.2) is 0 Å². The summed E-state index contributed by atoms with van der Waals surface area (Å²) in [6.45, 7) is 11.8. The smallest absolute Gasteiger partial charge is 0.122 e. The average molecular weight is 276 g/mol. The van der Waals surface area contributed by atoms with Crippen molar-refractivity contribution >= 4 is 0 Å². The summed E-state index contributed by atoms with van der Waals surface area (Å²) < 4.78 is 5.96. The third-order valence-corrected chi connectivity index (χ3v) is 4.36. The van der Waals surface area contributed by atoms with Gasteiger partial charge in [0.1, 0.15) is 5.75 Å². The van der Waals surface area contributed by atoms with Gasteiger partial charge in [-0.2, -0.15) is 0 Å². The van der Waals surface area contributed by atoms with E-state index in [4.69, 9.17) is 4.74 Å². The van der Waals surface area contributed by atoms with Gasteiger partial charge in [-0.1, -0.05) is 39.0 Å². The molecule has 2 rings (SSSR count).